The molecule has 9 heteroatoms. The first-order valence-corrected chi connectivity index (χ1v) is 8.19. The smallest absolute Gasteiger partial charge is 0.290 e. The predicted molar refractivity (Wildman–Crippen MR) is 82.5 cm³/mol. The molecule has 0 atom stereocenters. The van der Waals surface area contributed by atoms with E-state index in [1.807, 2.05) is 0 Å². The van der Waals surface area contributed by atoms with Crippen LogP contribution in [-0.4, -0.2) is 26.8 Å². The standard InChI is InChI=1S/C13H14F2N4OS2/c1-7(2)6-9-18-19-13(21-9)17-10(20)8-4-3-5-16-11(8)22-12(14)15/h3-5,7,12H,6H2,1-2H3,(H,17,19,20). The van der Waals surface area contributed by atoms with E-state index in [0.717, 1.165) is 11.4 Å². The summed E-state index contributed by atoms with van der Waals surface area (Å²) >= 11 is 1.51. The summed E-state index contributed by atoms with van der Waals surface area (Å²) in [6.45, 7) is 4.12. The summed E-state index contributed by atoms with van der Waals surface area (Å²) in [5.41, 5.74) is 0.0911. The van der Waals surface area contributed by atoms with Gasteiger partial charge >= 0.3 is 0 Å². The number of halogens is 2. The van der Waals surface area contributed by atoms with E-state index in [1.165, 1.54) is 29.7 Å². The molecule has 118 valence electrons. The highest BCUT2D eigenvalue weighted by Crippen LogP contribution is 2.27. The molecule has 0 aliphatic heterocycles. The molecule has 2 aromatic rings. The molecule has 0 unspecified atom stereocenters. The van der Waals surface area contributed by atoms with Gasteiger partial charge < -0.3 is 0 Å². The number of carbonyl (C=O) groups excluding carboxylic acids is 1. The second kappa shape index (κ2) is 7.59. The maximum atomic E-state index is 12.5. The Bertz CT molecular complexity index is 648. The Hall–Kier alpha value is -1.61. The zero-order valence-electron chi connectivity index (χ0n) is 11.9. The van der Waals surface area contributed by atoms with Crippen molar-refractivity contribution in [2.75, 3.05) is 5.32 Å². The van der Waals surface area contributed by atoms with Gasteiger partial charge in [0.1, 0.15) is 10.0 Å². The van der Waals surface area contributed by atoms with E-state index in [2.05, 4.69) is 34.3 Å². The van der Waals surface area contributed by atoms with E-state index in [-0.39, 0.29) is 22.4 Å². The van der Waals surface area contributed by atoms with Crippen molar-refractivity contribution in [3.8, 4) is 0 Å². The Labute approximate surface area is 134 Å². The molecule has 0 bridgehead atoms. The molecule has 0 aliphatic rings. The van der Waals surface area contributed by atoms with Crippen LogP contribution in [0.2, 0.25) is 0 Å². The van der Waals surface area contributed by atoms with Gasteiger partial charge in [0.05, 0.1) is 5.56 Å². The van der Waals surface area contributed by atoms with Crippen LogP contribution in [-0.2, 0) is 6.42 Å². The van der Waals surface area contributed by atoms with Crippen LogP contribution in [0.5, 0.6) is 0 Å². The number of amides is 1. The molecule has 5 nitrogen and oxygen atoms in total. The first kappa shape index (κ1) is 16.8. The minimum Gasteiger partial charge on any atom is -0.296 e. The fourth-order valence-corrected chi connectivity index (χ4v) is 3.17. The van der Waals surface area contributed by atoms with Gasteiger partial charge in [0, 0.05) is 12.6 Å². The van der Waals surface area contributed by atoms with E-state index >= 15 is 0 Å². The molecule has 0 saturated heterocycles. The lowest BCUT2D eigenvalue weighted by molar-refractivity contribution is 0.102. The summed E-state index contributed by atoms with van der Waals surface area (Å²) in [5, 5.41) is 11.6. The van der Waals surface area contributed by atoms with E-state index in [0.29, 0.717) is 11.0 Å². The van der Waals surface area contributed by atoms with Crippen LogP contribution < -0.4 is 5.32 Å². The van der Waals surface area contributed by atoms with Crippen LogP contribution in [0, 0.1) is 5.92 Å². The Morgan fingerprint density at radius 1 is 1.41 bits per heavy atom. The zero-order chi connectivity index (χ0) is 16.1. The van der Waals surface area contributed by atoms with Gasteiger partial charge in [-0.05, 0) is 29.8 Å². The minimum atomic E-state index is -2.64. The molecule has 2 aromatic heterocycles. The lowest BCUT2D eigenvalue weighted by Gasteiger charge is -2.06. The van der Waals surface area contributed by atoms with Crippen molar-refractivity contribution in [2.45, 2.75) is 31.1 Å². The molecular weight excluding hydrogens is 330 g/mol. The van der Waals surface area contributed by atoms with E-state index in [4.69, 9.17) is 0 Å². The number of hydrogen-bond acceptors (Lipinski definition) is 6. The number of thioether (sulfide) groups is 1. The van der Waals surface area contributed by atoms with Crippen LogP contribution >= 0.6 is 23.1 Å². The molecule has 0 aliphatic carbocycles. The number of alkyl halides is 2. The van der Waals surface area contributed by atoms with Gasteiger partial charge in [0.25, 0.3) is 11.7 Å². The van der Waals surface area contributed by atoms with Crippen molar-refractivity contribution >= 4 is 34.1 Å². The van der Waals surface area contributed by atoms with Gasteiger partial charge in [-0.25, -0.2) is 4.98 Å². The fourth-order valence-electron chi connectivity index (χ4n) is 1.64. The summed E-state index contributed by atoms with van der Waals surface area (Å²) in [6.07, 6.45) is 2.14. The van der Waals surface area contributed by atoms with Gasteiger partial charge in [0.15, 0.2) is 0 Å². The molecular formula is C13H14F2N4OS2. The second-order valence-corrected chi connectivity index (χ2v) is 6.83. The largest absolute Gasteiger partial charge is 0.296 e. The van der Waals surface area contributed by atoms with Crippen molar-refractivity contribution in [2.24, 2.45) is 5.92 Å². The third-order valence-corrected chi connectivity index (χ3v) is 4.07. The van der Waals surface area contributed by atoms with E-state index in [1.54, 1.807) is 0 Å². The Kier molecular flexibility index (Phi) is 5.78. The molecule has 1 amide bonds. The highest BCUT2D eigenvalue weighted by atomic mass is 32.2. The van der Waals surface area contributed by atoms with Crippen LogP contribution in [0.15, 0.2) is 23.4 Å². The summed E-state index contributed by atoms with van der Waals surface area (Å²) in [4.78, 5) is 16.0. The molecule has 0 radical (unpaired) electrons. The zero-order valence-corrected chi connectivity index (χ0v) is 13.5. The summed E-state index contributed by atoms with van der Waals surface area (Å²) in [7, 11) is 0. The first-order valence-electron chi connectivity index (χ1n) is 6.49. The third kappa shape index (κ3) is 4.70. The minimum absolute atomic E-state index is 0.0121. The molecule has 2 heterocycles. The number of hydrogen-bond donors (Lipinski definition) is 1. The number of nitrogens with zero attached hydrogens (tertiary/aromatic N) is 3. The summed E-state index contributed by atoms with van der Waals surface area (Å²) < 4.78 is 25.0. The van der Waals surface area contributed by atoms with Crippen molar-refractivity contribution in [3.63, 3.8) is 0 Å². The normalized spacial score (nSPS) is 11.2. The van der Waals surface area contributed by atoms with E-state index in [9.17, 15) is 13.6 Å². The van der Waals surface area contributed by atoms with Crippen molar-refractivity contribution < 1.29 is 13.6 Å². The molecule has 0 fully saturated rings. The first-order chi connectivity index (χ1) is 10.5. The number of pyridine rings is 1. The van der Waals surface area contributed by atoms with Crippen LogP contribution in [0.25, 0.3) is 0 Å². The molecule has 0 saturated carbocycles. The highest BCUT2D eigenvalue weighted by molar-refractivity contribution is 7.99. The van der Waals surface area contributed by atoms with Gasteiger partial charge in [-0.2, -0.15) is 8.78 Å². The lowest BCUT2D eigenvalue weighted by atomic mass is 10.1. The molecule has 0 spiro atoms. The fraction of sp³-hybridized carbons (Fsp3) is 0.385. The van der Waals surface area contributed by atoms with Crippen molar-refractivity contribution in [1.29, 1.82) is 0 Å². The van der Waals surface area contributed by atoms with Crippen LogP contribution in [0.1, 0.15) is 29.2 Å². The topological polar surface area (TPSA) is 67.8 Å². The summed E-state index contributed by atoms with van der Waals surface area (Å²) in [6, 6.07) is 2.97. The molecule has 2 rings (SSSR count). The molecule has 22 heavy (non-hydrogen) atoms. The Morgan fingerprint density at radius 2 is 2.18 bits per heavy atom. The number of carbonyl (C=O) groups is 1. The number of anilines is 1. The maximum absolute atomic E-state index is 12.5. The summed E-state index contributed by atoms with van der Waals surface area (Å²) in [5.74, 6) is -2.73. The van der Waals surface area contributed by atoms with Gasteiger partial charge in [-0.3, -0.25) is 10.1 Å². The number of nitrogens with one attached hydrogen (secondary N) is 1. The average molecular weight is 344 g/mol. The molecule has 0 aromatic carbocycles. The van der Waals surface area contributed by atoms with E-state index < -0.39 is 11.7 Å². The van der Waals surface area contributed by atoms with Gasteiger partial charge in [-0.1, -0.05) is 25.2 Å². The van der Waals surface area contributed by atoms with Gasteiger partial charge in [0.2, 0.25) is 5.13 Å². The Morgan fingerprint density at radius 3 is 2.86 bits per heavy atom. The average Bonchev–Trinajstić information content (AvgIpc) is 2.84. The molecule has 1 N–H and O–H groups in total. The van der Waals surface area contributed by atoms with Crippen LogP contribution in [0.4, 0.5) is 13.9 Å². The lowest BCUT2D eigenvalue weighted by Crippen LogP contribution is -2.13. The predicted octanol–water partition coefficient (Wildman–Crippen LogP) is 3.70. The second-order valence-electron chi connectivity index (χ2n) is 4.79. The van der Waals surface area contributed by atoms with Crippen LogP contribution in [0.3, 0.4) is 0 Å². The van der Waals surface area contributed by atoms with Crippen molar-refractivity contribution in [1.82, 2.24) is 15.2 Å². The Balaban J connectivity index is 2.10. The third-order valence-electron chi connectivity index (χ3n) is 2.49. The number of rotatable bonds is 6. The van der Waals surface area contributed by atoms with Gasteiger partial charge in [-0.15, -0.1) is 10.2 Å². The highest BCUT2D eigenvalue weighted by Gasteiger charge is 2.18. The quantitative estimate of drug-likeness (QED) is 0.809. The van der Waals surface area contributed by atoms with Crippen molar-refractivity contribution in [3.05, 3.63) is 28.9 Å². The number of aromatic nitrogens is 3. The monoisotopic (exact) mass is 344 g/mol. The SMILES string of the molecule is CC(C)Cc1nnc(NC(=O)c2cccnc2SC(F)F)s1. The maximum Gasteiger partial charge on any atom is 0.290 e.